The Morgan fingerprint density at radius 3 is 2.41 bits per heavy atom. The molecule has 3 nitrogen and oxygen atoms in total. The summed E-state index contributed by atoms with van der Waals surface area (Å²) in [7, 11) is 0. The maximum atomic E-state index is 14.2. The number of Topliss-reactive ketones (excluding diaryl/α,β-unsaturated/α-hetero) is 1. The average Bonchev–Trinajstić information content (AvgIpc) is 3.41. The number of halogens is 3. The molecule has 0 saturated carbocycles. The number of hydrogen-bond donors (Lipinski definition) is 0. The number of ketones is 1. The van der Waals surface area contributed by atoms with Crippen LogP contribution in [0.15, 0.2) is 115 Å². The number of carbonyl (C=O) groups excluding carboxylic acids is 1. The molecule has 0 aliphatic heterocycles. The summed E-state index contributed by atoms with van der Waals surface area (Å²) in [5.41, 5.74) is 6.33. The summed E-state index contributed by atoms with van der Waals surface area (Å²) in [6.07, 6.45) is 4.71. The Hall–Kier alpha value is -4.97. The van der Waals surface area contributed by atoms with Gasteiger partial charge in [-0.25, -0.2) is 13.2 Å². The molecule has 1 heterocycles. The van der Waals surface area contributed by atoms with Gasteiger partial charge in [0.25, 0.3) is 0 Å². The van der Waals surface area contributed by atoms with Gasteiger partial charge < -0.3 is 4.74 Å². The zero-order valence-corrected chi connectivity index (χ0v) is 24.0. The first-order valence-corrected chi connectivity index (χ1v) is 14.6. The van der Waals surface area contributed by atoms with E-state index in [1.807, 2.05) is 72.8 Å². The lowest BCUT2D eigenvalue weighted by atomic mass is 9.85. The highest BCUT2D eigenvalue weighted by molar-refractivity contribution is 5.92. The van der Waals surface area contributed by atoms with Gasteiger partial charge in [0.1, 0.15) is 35.6 Å². The van der Waals surface area contributed by atoms with E-state index in [1.165, 1.54) is 24.3 Å². The summed E-state index contributed by atoms with van der Waals surface area (Å²) in [5, 5.41) is 0. The number of aromatic nitrogens is 1. The standard InChI is InChI=1S/C38H30F3NO2/c39-31-14-13-27-11-12-29(37(27)23-31)19-34(43)20-30(16-26-17-32(40)22-33(41)18-26)38-36(10-5-15-42-38)28-8-4-9-35(21-28)44-24-25-6-2-1-3-7-25/h1-10,12-15,17-18,21-23,30H,11,16,19-20,24H2/t30-/m1/s1. The smallest absolute Gasteiger partial charge is 0.137 e. The van der Waals surface area contributed by atoms with E-state index in [9.17, 15) is 18.0 Å². The Kier molecular flexibility index (Phi) is 8.69. The highest BCUT2D eigenvalue weighted by atomic mass is 19.1. The molecule has 0 unspecified atom stereocenters. The van der Waals surface area contributed by atoms with Gasteiger partial charge in [0, 0.05) is 36.6 Å². The summed E-state index contributed by atoms with van der Waals surface area (Å²) in [4.78, 5) is 18.3. The molecule has 1 aliphatic rings. The van der Waals surface area contributed by atoms with E-state index >= 15 is 0 Å². The molecule has 6 rings (SSSR count). The maximum absolute atomic E-state index is 14.2. The molecule has 0 spiro atoms. The van der Waals surface area contributed by atoms with Gasteiger partial charge >= 0.3 is 0 Å². The molecular weight excluding hydrogens is 559 g/mol. The number of nitrogens with zero attached hydrogens (tertiary/aromatic N) is 1. The summed E-state index contributed by atoms with van der Waals surface area (Å²) < 4.78 is 48.4. The van der Waals surface area contributed by atoms with Gasteiger partial charge in [-0.1, -0.05) is 60.7 Å². The van der Waals surface area contributed by atoms with E-state index in [0.717, 1.165) is 39.5 Å². The van der Waals surface area contributed by atoms with Crippen molar-refractivity contribution in [2.24, 2.45) is 0 Å². The highest BCUT2D eigenvalue weighted by Crippen LogP contribution is 2.36. The predicted molar refractivity (Wildman–Crippen MR) is 166 cm³/mol. The van der Waals surface area contributed by atoms with Crippen molar-refractivity contribution in [3.05, 3.63) is 161 Å². The monoisotopic (exact) mass is 589 g/mol. The number of allylic oxidation sites excluding steroid dienone is 2. The number of carbonyl (C=O) groups is 1. The van der Waals surface area contributed by atoms with Crippen LogP contribution < -0.4 is 4.74 Å². The van der Waals surface area contributed by atoms with Crippen molar-refractivity contribution >= 4 is 11.4 Å². The molecule has 6 heteroatoms. The molecule has 0 amide bonds. The van der Waals surface area contributed by atoms with E-state index in [4.69, 9.17) is 9.72 Å². The fraction of sp³-hybridized carbons (Fsp3) is 0.158. The molecule has 4 aromatic carbocycles. The van der Waals surface area contributed by atoms with Crippen molar-refractivity contribution in [3.8, 4) is 16.9 Å². The molecule has 220 valence electrons. The Morgan fingerprint density at radius 1 is 0.773 bits per heavy atom. The van der Waals surface area contributed by atoms with Gasteiger partial charge in [0.15, 0.2) is 0 Å². The normalized spacial score (nSPS) is 12.8. The molecular formula is C38H30F3NO2. The minimum Gasteiger partial charge on any atom is -0.489 e. The first-order valence-electron chi connectivity index (χ1n) is 14.6. The number of ether oxygens (including phenoxy) is 1. The van der Waals surface area contributed by atoms with Crippen LogP contribution in [0.2, 0.25) is 0 Å². The number of rotatable bonds is 11. The zero-order chi connectivity index (χ0) is 30.5. The number of fused-ring (bicyclic) bond motifs is 1. The van der Waals surface area contributed by atoms with Crippen molar-refractivity contribution < 1.29 is 22.7 Å². The molecule has 0 radical (unpaired) electrons. The van der Waals surface area contributed by atoms with Gasteiger partial charge in [0.05, 0.1) is 5.69 Å². The maximum Gasteiger partial charge on any atom is 0.137 e. The van der Waals surface area contributed by atoms with Crippen LogP contribution in [-0.4, -0.2) is 10.8 Å². The van der Waals surface area contributed by atoms with Crippen LogP contribution in [0.4, 0.5) is 13.2 Å². The summed E-state index contributed by atoms with van der Waals surface area (Å²) in [5.74, 6) is -1.55. The predicted octanol–water partition coefficient (Wildman–Crippen LogP) is 9.06. The molecule has 5 aromatic rings. The Labute approximate surface area is 254 Å². The van der Waals surface area contributed by atoms with E-state index < -0.39 is 17.6 Å². The van der Waals surface area contributed by atoms with Gasteiger partial charge in [0.2, 0.25) is 0 Å². The van der Waals surface area contributed by atoms with E-state index in [2.05, 4.69) is 0 Å². The van der Waals surface area contributed by atoms with E-state index in [1.54, 1.807) is 12.3 Å². The number of pyridine rings is 1. The summed E-state index contributed by atoms with van der Waals surface area (Å²) in [6.45, 7) is 0.412. The molecule has 0 N–H and O–H groups in total. The van der Waals surface area contributed by atoms with Crippen molar-refractivity contribution in [3.63, 3.8) is 0 Å². The molecule has 1 aromatic heterocycles. The largest absolute Gasteiger partial charge is 0.489 e. The second kappa shape index (κ2) is 13.1. The van der Waals surface area contributed by atoms with E-state index in [-0.39, 0.29) is 30.9 Å². The quantitative estimate of drug-likeness (QED) is 0.154. The molecule has 1 atom stereocenters. The van der Waals surface area contributed by atoms with Crippen LogP contribution in [0.25, 0.3) is 16.7 Å². The van der Waals surface area contributed by atoms with Crippen molar-refractivity contribution in [2.75, 3.05) is 0 Å². The van der Waals surface area contributed by atoms with Crippen LogP contribution in [0, 0.1) is 17.5 Å². The second-order valence-electron chi connectivity index (χ2n) is 11.1. The third-order valence-electron chi connectivity index (χ3n) is 7.87. The highest BCUT2D eigenvalue weighted by Gasteiger charge is 2.25. The Morgan fingerprint density at radius 2 is 1.59 bits per heavy atom. The fourth-order valence-corrected chi connectivity index (χ4v) is 5.86. The lowest BCUT2D eigenvalue weighted by molar-refractivity contribution is -0.118. The van der Waals surface area contributed by atoms with Gasteiger partial charge in [-0.3, -0.25) is 9.78 Å². The number of hydrogen-bond acceptors (Lipinski definition) is 3. The first kappa shape index (κ1) is 29.1. The lowest BCUT2D eigenvalue weighted by Gasteiger charge is -2.20. The van der Waals surface area contributed by atoms with Crippen LogP contribution in [-0.2, 0) is 24.2 Å². The van der Waals surface area contributed by atoms with Crippen LogP contribution in [0.5, 0.6) is 5.75 Å². The van der Waals surface area contributed by atoms with E-state index in [0.29, 0.717) is 30.0 Å². The topological polar surface area (TPSA) is 39.2 Å². The van der Waals surface area contributed by atoms with Crippen LogP contribution >= 0.6 is 0 Å². The van der Waals surface area contributed by atoms with Crippen LogP contribution in [0.1, 0.15) is 46.7 Å². The molecule has 0 fully saturated rings. The second-order valence-corrected chi connectivity index (χ2v) is 11.1. The van der Waals surface area contributed by atoms with Crippen molar-refractivity contribution in [2.45, 2.75) is 38.2 Å². The van der Waals surface area contributed by atoms with Crippen molar-refractivity contribution in [1.82, 2.24) is 4.98 Å². The minimum absolute atomic E-state index is 0.0632. The van der Waals surface area contributed by atoms with Gasteiger partial charge in [-0.15, -0.1) is 0 Å². The average molecular weight is 590 g/mol. The third-order valence-corrected chi connectivity index (χ3v) is 7.87. The molecule has 44 heavy (non-hydrogen) atoms. The number of benzene rings is 4. The van der Waals surface area contributed by atoms with Gasteiger partial charge in [-0.2, -0.15) is 0 Å². The zero-order valence-electron chi connectivity index (χ0n) is 24.0. The summed E-state index contributed by atoms with van der Waals surface area (Å²) >= 11 is 0. The fourth-order valence-electron chi connectivity index (χ4n) is 5.86. The van der Waals surface area contributed by atoms with Crippen LogP contribution in [0.3, 0.4) is 0 Å². The van der Waals surface area contributed by atoms with Crippen molar-refractivity contribution in [1.29, 1.82) is 0 Å². The Balaban J connectivity index is 1.29. The minimum atomic E-state index is -0.677. The third kappa shape index (κ3) is 6.97. The molecule has 0 bridgehead atoms. The van der Waals surface area contributed by atoms with Gasteiger partial charge in [-0.05, 0) is 88.7 Å². The Bertz CT molecular complexity index is 1810. The summed E-state index contributed by atoms with van der Waals surface area (Å²) in [6, 6.07) is 29.4. The molecule has 1 aliphatic carbocycles. The first-order chi connectivity index (χ1) is 21.4. The molecule has 0 saturated heterocycles. The SMILES string of the molecule is O=C(CC1=CCc2ccc(F)cc21)C[C@@H](Cc1cc(F)cc(F)c1)c1ncccc1-c1cccc(OCc2ccccc2)c1. The lowest BCUT2D eigenvalue weighted by Crippen LogP contribution is -2.13.